The van der Waals surface area contributed by atoms with E-state index >= 15 is 0 Å². The van der Waals surface area contributed by atoms with Gasteiger partial charge < -0.3 is 19.5 Å². The Balaban J connectivity index is 2.28. The Hall–Kier alpha value is -2.38. The third-order valence-electron chi connectivity index (χ3n) is 3.58. The van der Waals surface area contributed by atoms with Crippen LogP contribution in [0, 0.1) is 0 Å². The van der Waals surface area contributed by atoms with Crippen LogP contribution in [0.4, 0.5) is 8.78 Å². The molecule has 23 heavy (non-hydrogen) atoms. The number of halogens is 2. The van der Waals surface area contributed by atoms with Crippen LogP contribution < -0.4 is 9.47 Å². The molecule has 1 amide bonds. The quantitative estimate of drug-likeness (QED) is 0.831. The van der Waals surface area contributed by atoms with Crippen LogP contribution in [0.2, 0.25) is 0 Å². The molecule has 1 aliphatic carbocycles. The minimum atomic E-state index is -3.01. The SMILES string of the molecule is COc1cc(C(=O)N(C2CC2)C(C)C(=O)O)ccc1OC(F)F. The summed E-state index contributed by atoms with van der Waals surface area (Å²) >= 11 is 0. The number of amides is 1. The van der Waals surface area contributed by atoms with Crippen LogP contribution in [0.3, 0.4) is 0 Å². The highest BCUT2D eigenvalue weighted by molar-refractivity contribution is 5.97. The van der Waals surface area contributed by atoms with Gasteiger partial charge in [0.15, 0.2) is 11.5 Å². The lowest BCUT2D eigenvalue weighted by Crippen LogP contribution is -2.44. The number of methoxy groups -OCH3 is 1. The van der Waals surface area contributed by atoms with E-state index in [1.54, 1.807) is 0 Å². The number of ether oxygens (including phenoxy) is 2. The smallest absolute Gasteiger partial charge is 0.387 e. The van der Waals surface area contributed by atoms with Crippen LogP contribution in [0.15, 0.2) is 18.2 Å². The molecule has 6 nitrogen and oxygen atoms in total. The van der Waals surface area contributed by atoms with Crippen molar-refractivity contribution in [1.29, 1.82) is 0 Å². The summed E-state index contributed by atoms with van der Waals surface area (Å²) in [5, 5.41) is 9.15. The van der Waals surface area contributed by atoms with Crippen molar-refractivity contribution in [3.05, 3.63) is 23.8 Å². The number of carbonyl (C=O) groups excluding carboxylic acids is 1. The summed E-state index contributed by atoms with van der Waals surface area (Å²) in [6, 6.07) is 2.69. The number of carboxylic acid groups (broad SMARTS) is 1. The molecule has 0 aromatic heterocycles. The largest absolute Gasteiger partial charge is 0.493 e. The lowest BCUT2D eigenvalue weighted by molar-refractivity contribution is -0.141. The molecule has 0 aliphatic heterocycles. The second kappa shape index (κ2) is 6.80. The first-order valence-corrected chi connectivity index (χ1v) is 7.03. The predicted octanol–water partition coefficient (Wildman–Crippen LogP) is 2.37. The zero-order valence-corrected chi connectivity index (χ0v) is 12.7. The first kappa shape index (κ1) is 17.0. The van der Waals surface area contributed by atoms with Gasteiger partial charge in [0.1, 0.15) is 6.04 Å². The molecule has 0 spiro atoms. The molecule has 1 atom stereocenters. The molecule has 0 bridgehead atoms. The normalized spacial score (nSPS) is 15.2. The Morgan fingerprint density at radius 1 is 1.30 bits per heavy atom. The molecule has 1 aliphatic rings. The summed E-state index contributed by atoms with van der Waals surface area (Å²) in [6.07, 6.45) is 1.49. The third-order valence-corrected chi connectivity index (χ3v) is 3.58. The van der Waals surface area contributed by atoms with Crippen LogP contribution >= 0.6 is 0 Å². The average molecular weight is 329 g/mol. The maximum atomic E-state index is 12.6. The van der Waals surface area contributed by atoms with E-state index < -0.39 is 24.5 Å². The van der Waals surface area contributed by atoms with E-state index in [1.165, 1.54) is 37.1 Å². The molecule has 1 fully saturated rings. The second-order valence-corrected chi connectivity index (χ2v) is 5.20. The second-order valence-electron chi connectivity index (χ2n) is 5.20. The van der Waals surface area contributed by atoms with Gasteiger partial charge in [-0.2, -0.15) is 8.78 Å². The Kier molecular flexibility index (Phi) is 5.02. The average Bonchev–Trinajstić information content (AvgIpc) is 3.31. The molecule has 1 N–H and O–H groups in total. The van der Waals surface area contributed by atoms with E-state index in [4.69, 9.17) is 9.84 Å². The van der Waals surface area contributed by atoms with Crippen LogP contribution in [0.5, 0.6) is 11.5 Å². The summed E-state index contributed by atoms with van der Waals surface area (Å²) in [5.74, 6) is -1.79. The molecule has 0 heterocycles. The van der Waals surface area contributed by atoms with Crippen molar-refractivity contribution in [2.24, 2.45) is 0 Å². The van der Waals surface area contributed by atoms with E-state index in [9.17, 15) is 18.4 Å². The van der Waals surface area contributed by atoms with Crippen molar-refractivity contribution in [2.45, 2.75) is 38.5 Å². The lowest BCUT2D eigenvalue weighted by atomic mass is 10.1. The number of carbonyl (C=O) groups is 2. The maximum absolute atomic E-state index is 12.6. The fourth-order valence-electron chi connectivity index (χ4n) is 2.27. The van der Waals surface area contributed by atoms with E-state index in [-0.39, 0.29) is 23.1 Å². The standard InChI is InChI=1S/C15H17F2NO5/c1-8(14(20)21)18(10-4-5-10)13(19)9-3-6-11(23-15(16)17)12(7-9)22-2/h3,6-8,10,15H,4-5H2,1-2H3,(H,20,21). The van der Waals surface area contributed by atoms with Gasteiger partial charge in [0.2, 0.25) is 0 Å². The molecule has 2 rings (SSSR count). The van der Waals surface area contributed by atoms with E-state index in [0.717, 1.165) is 12.8 Å². The number of hydrogen-bond acceptors (Lipinski definition) is 4. The first-order valence-electron chi connectivity index (χ1n) is 7.03. The zero-order chi connectivity index (χ0) is 17.1. The number of hydrogen-bond donors (Lipinski definition) is 1. The Morgan fingerprint density at radius 2 is 1.96 bits per heavy atom. The van der Waals surface area contributed by atoms with Crippen molar-refractivity contribution >= 4 is 11.9 Å². The minimum absolute atomic E-state index is 0.0186. The fourth-order valence-corrected chi connectivity index (χ4v) is 2.27. The third kappa shape index (κ3) is 3.88. The van der Waals surface area contributed by atoms with Crippen molar-refractivity contribution in [3.63, 3.8) is 0 Å². The number of aliphatic carboxylic acids is 1. The Bertz CT molecular complexity index is 604. The minimum Gasteiger partial charge on any atom is -0.493 e. The highest BCUT2D eigenvalue weighted by Gasteiger charge is 2.39. The highest BCUT2D eigenvalue weighted by atomic mass is 19.3. The van der Waals surface area contributed by atoms with E-state index in [2.05, 4.69) is 4.74 Å². The highest BCUT2D eigenvalue weighted by Crippen LogP contribution is 2.33. The summed E-state index contributed by atoms with van der Waals surface area (Å²) in [4.78, 5) is 25.1. The van der Waals surface area contributed by atoms with Crippen LogP contribution in [-0.4, -0.2) is 47.7 Å². The van der Waals surface area contributed by atoms with Gasteiger partial charge in [-0.25, -0.2) is 4.79 Å². The Morgan fingerprint density at radius 3 is 2.43 bits per heavy atom. The molecular weight excluding hydrogens is 312 g/mol. The van der Waals surface area contributed by atoms with Crippen molar-refractivity contribution in [2.75, 3.05) is 7.11 Å². The van der Waals surface area contributed by atoms with Gasteiger partial charge in [0.25, 0.3) is 5.91 Å². The number of alkyl halides is 2. The fraction of sp³-hybridized carbons (Fsp3) is 0.467. The van der Waals surface area contributed by atoms with Gasteiger partial charge in [0.05, 0.1) is 7.11 Å². The van der Waals surface area contributed by atoms with Gasteiger partial charge >= 0.3 is 12.6 Å². The van der Waals surface area contributed by atoms with E-state index in [1.807, 2.05) is 0 Å². The predicted molar refractivity (Wildman–Crippen MR) is 75.9 cm³/mol. The number of rotatable bonds is 7. The summed E-state index contributed by atoms with van der Waals surface area (Å²) in [6.45, 7) is -1.58. The molecule has 0 saturated heterocycles. The van der Waals surface area contributed by atoms with Crippen molar-refractivity contribution < 1.29 is 33.0 Å². The number of benzene rings is 1. The lowest BCUT2D eigenvalue weighted by Gasteiger charge is -2.26. The first-order chi connectivity index (χ1) is 10.8. The Labute approximate surface area is 131 Å². The molecule has 1 saturated carbocycles. The van der Waals surface area contributed by atoms with Gasteiger partial charge in [-0.1, -0.05) is 0 Å². The van der Waals surface area contributed by atoms with Gasteiger partial charge in [-0.05, 0) is 38.0 Å². The molecule has 8 heteroatoms. The van der Waals surface area contributed by atoms with Crippen LogP contribution in [-0.2, 0) is 4.79 Å². The van der Waals surface area contributed by atoms with E-state index in [0.29, 0.717) is 0 Å². The number of nitrogens with zero attached hydrogens (tertiary/aromatic N) is 1. The van der Waals surface area contributed by atoms with Crippen molar-refractivity contribution in [1.82, 2.24) is 4.90 Å². The van der Waals surface area contributed by atoms with Gasteiger partial charge in [-0.15, -0.1) is 0 Å². The molecule has 0 radical (unpaired) electrons. The van der Waals surface area contributed by atoms with Crippen molar-refractivity contribution in [3.8, 4) is 11.5 Å². The summed E-state index contributed by atoms with van der Waals surface area (Å²) in [5.41, 5.74) is 0.156. The van der Waals surface area contributed by atoms with Crippen LogP contribution in [0.1, 0.15) is 30.1 Å². The van der Waals surface area contributed by atoms with Gasteiger partial charge in [0, 0.05) is 11.6 Å². The summed E-state index contributed by atoms with van der Waals surface area (Å²) in [7, 11) is 1.26. The topological polar surface area (TPSA) is 76.1 Å². The monoisotopic (exact) mass is 329 g/mol. The maximum Gasteiger partial charge on any atom is 0.387 e. The molecule has 126 valence electrons. The van der Waals surface area contributed by atoms with Crippen LogP contribution in [0.25, 0.3) is 0 Å². The number of carboxylic acids is 1. The molecular formula is C15H17F2NO5. The van der Waals surface area contributed by atoms with Gasteiger partial charge in [-0.3, -0.25) is 4.79 Å². The summed E-state index contributed by atoms with van der Waals surface area (Å²) < 4.78 is 33.9. The zero-order valence-electron chi connectivity index (χ0n) is 12.7. The molecule has 1 aromatic rings. The molecule has 1 aromatic carbocycles. The molecule has 1 unspecified atom stereocenters.